The van der Waals surface area contributed by atoms with Crippen molar-refractivity contribution in [1.82, 2.24) is 0 Å². The molecule has 2 aliphatic carbocycles. The molecule has 0 heterocycles. The third-order valence-electron chi connectivity index (χ3n) is 4.72. The second kappa shape index (κ2) is 4.68. The van der Waals surface area contributed by atoms with Crippen LogP contribution in [-0.4, -0.2) is 16.7 Å². The van der Waals surface area contributed by atoms with E-state index in [1.807, 2.05) is 12.2 Å². The number of halogens is 1. The summed E-state index contributed by atoms with van der Waals surface area (Å²) in [4.78, 5) is 25.6. The van der Waals surface area contributed by atoms with Gasteiger partial charge in [-0.25, -0.2) is 0 Å². The summed E-state index contributed by atoms with van der Waals surface area (Å²) in [5.41, 5.74) is 0.296. The molecule has 2 aromatic carbocycles. The Morgan fingerprint density at radius 3 is 2.09 bits per heavy atom. The van der Waals surface area contributed by atoms with Crippen molar-refractivity contribution < 1.29 is 14.7 Å². The fourth-order valence-corrected chi connectivity index (χ4v) is 3.97. The van der Waals surface area contributed by atoms with Crippen LogP contribution in [0.15, 0.2) is 36.4 Å². The number of Topliss-reactive ketones (excluding diaryl/α,β-unsaturated/α-hetero) is 2. The molecule has 0 amide bonds. The van der Waals surface area contributed by atoms with Crippen LogP contribution in [0.3, 0.4) is 0 Å². The SMILES string of the molecule is O=C1c2c(c(O)c3ccccc3c2Cl)C(=O)[C@@H]2CC=CC[C@H]12. The van der Waals surface area contributed by atoms with Gasteiger partial charge in [-0.1, -0.05) is 48.0 Å². The van der Waals surface area contributed by atoms with Crippen LogP contribution in [0, 0.1) is 11.8 Å². The maximum atomic E-state index is 12.8. The second-order valence-corrected chi connectivity index (χ2v) is 6.22. The van der Waals surface area contributed by atoms with Crippen molar-refractivity contribution in [3.8, 4) is 5.75 Å². The Morgan fingerprint density at radius 2 is 1.45 bits per heavy atom. The number of carbonyl (C=O) groups excluding carboxylic acids is 2. The van der Waals surface area contributed by atoms with Gasteiger partial charge in [0, 0.05) is 22.6 Å². The molecule has 0 saturated heterocycles. The molecule has 22 heavy (non-hydrogen) atoms. The van der Waals surface area contributed by atoms with E-state index in [1.165, 1.54) is 0 Å². The van der Waals surface area contributed by atoms with Gasteiger partial charge < -0.3 is 5.11 Å². The summed E-state index contributed by atoms with van der Waals surface area (Å²) in [6.07, 6.45) is 4.96. The van der Waals surface area contributed by atoms with Crippen molar-refractivity contribution in [3.05, 3.63) is 52.6 Å². The predicted octanol–water partition coefficient (Wildman–Crippen LogP) is 4.16. The van der Waals surface area contributed by atoms with E-state index >= 15 is 0 Å². The van der Waals surface area contributed by atoms with Crippen molar-refractivity contribution in [2.45, 2.75) is 12.8 Å². The zero-order valence-corrected chi connectivity index (χ0v) is 12.4. The van der Waals surface area contributed by atoms with Gasteiger partial charge in [0.2, 0.25) is 0 Å². The lowest BCUT2D eigenvalue weighted by molar-refractivity contribution is 0.0727. The number of allylic oxidation sites excluding steroid dienone is 2. The molecule has 0 aliphatic heterocycles. The zero-order chi connectivity index (χ0) is 15.4. The van der Waals surface area contributed by atoms with Crippen molar-refractivity contribution in [2.75, 3.05) is 0 Å². The van der Waals surface area contributed by atoms with Gasteiger partial charge in [0.25, 0.3) is 0 Å². The highest BCUT2D eigenvalue weighted by Gasteiger charge is 2.44. The molecule has 2 aromatic rings. The number of fused-ring (bicyclic) bond motifs is 3. The molecule has 2 atom stereocenters. The minimum Gasteiger partial charge on any atom is -0.507 e. The van der Waals surface area contributed by atoms with Crippen LogP contribution in [-0.2, 0) is 0 Å². The molecule has 0 saturated carbocycles. The first-order valence-electron chi connectivity index (χ1n) is 7.28. The smallest absolute Gasteiger partial charge is 0.171 e. The largest absolute Gasteiger partial charge is 0.507 e. The van der Waals surface area contributed by atoms with Crippen LogP contribution in [0.1, 0.15) is 33.6 Å². The summed E-state index contributed by atoms with van der Waals surface area (Å²) in [5.74, 6) is -1.17. The van der Waals surface area contributed by atoms with E-state index in [1.54, 1.807) is 24.3 Å². The number of phenols is 1. The van der Waals surface area contributed by atoms with Gasteiger partial charge in [-0.2, -0.15) is 0 Å². The minimum atomic E-state index is -0.381. The molecule has 0 spiro atoms. The zero-order valence-electron chi connectivity index (χ0n) is 11.7. The third-order valence-corrected chi connectivity index (χ3v) is 5.12. The van der Waals surface area contributed by atoms with Crippen LogP contribution in [0.25, 0.3) is 10.8 Å². The van der Waals surface area contributed by atoms with E-state index in [0.29, 0.717) is 23.6 Å². The molecular weight excluding hydrogens is 300 g/mol. The summed E-state index contributed by atoms with van der Waals surface area (Å²) in [7, 11) is 0. The molecule has 2 aliphatic rings. The molecule has 4 heteroatoms. The predicted molar refractivity (Wildman–Crippen MR) is 84.6 cm³/mol. The van der Waals surface area contributed by atoms with Crippen LogP contribution in [0.5, 0.6) is 5.75 Å². The summed E-state index contributed by atoms with van der Waals surface area (Å²) in [6, 6.07) is 7.02. The first-order chi connectivity index (χ1) is 10.6. The van der Waals surface area contributed by atoms with Gasteiger partial charge in [0.05, 0.1) is 16.1 Å². The highest BCUT2D eigenvalue weighted by atomic mass is 35.5. The lowest BCUT2D eigenvalue weighted by Crippen LogP contribution is -2.37. The highest BCUT2D eigenvalue weighted by Crippen LogP contribution is 2.46. The number of rotatable bonds is 0. The monoisotopic (exact) mass is 312 g/mol. The minimum absolute atomic E-state index is 0.102. The van der Waals surface area contributed by atoms with E-state index in [-0.39, 0.29) is 45.3 Å². The summed E-state index contributed by atoms with van der Waals surface area (Å²) in [6.45, 7) is 0. The summed E-state index contributed by atoms with van der Waals surface area (Å²) >= 11 is 6.42. The van der Waals surface area contributed by atoms with Crippen LogP contribution in [0.2, 0.25) is 5.02 Å². The van der Waals surface area contributed by atoms with Crippen molar-refractivity contribution in [3.63, 3.8) is 0 Å². The van der Waals surface area contributed by atoms with Gasteiger partial charge in [-0.05, 0) is 12.8 Å². The molecule has 0 fully saturated rings. The molecule has 3 nitrogen and oxygen atoms in total. The third kappa shape index (κ3) is 1.63. The van der Waals surface area contributed by atoms with Gasteiger partial charge in [-0.15, -0.1) is 0 Å². The van der Waals surface area contributed by atoms with Gasteiger partial charge in [0.1, 0.15) is 5.75 Å². The Balaban J connectivity index is 2.09. The lowest BCUT2D eigenvalue weighted by atomic mass is 9.68. The average molecular weight is 313 g/mol. The fourth-order valence-electron chi connectivity index (χ4n) is 3.61. The molecular formula is C18H13ClO3. The lowest BCUT2D eigenvalue weighted by Gasteiger charge is -2.32. The number of aromatic hydroxyl groups is 1. The molecule has 110 valence electrons. The number of hydrogen-bond acceptors (Lipinski definition) is 3. The molecule has 0 radical (unpaired) electrons. The highest BCUT2D eigenvalue weighted by molar-refractivity contribution is 6.41. The topological polar surface area (TPSA) is 54.4 Å². The van der Waals surface area contributed by atoms with Crippen molar-refractivity contribution >= 4 is 33.9 Å². The maximum absolute atomic E-state index is 12.8. The molecule has 0 unspecified atom stereocenters. The summed E-state index contributed by atoms with van der Waals surface area (Å²) in [5, 5.41) is 11.9. The van der Waals surface area contributed by atoms with Crippen LogP contribution < -0.4 is 0 Å². The number of ketones is 2. The molecule has 0 aromatic heterocycles. The Hall–Kier alpha value is -2.13. The van der Waals surface area contributed by atoms with E-state index < -0.39 is 0 Å². The number of benzene rings is 2. The number of carbonyl (C=O) groups is 2. The molecule has 0 bridgehead atoms. The first-order valence-corrected chi connectivity index (χ1v) is 7.65. The van der Waals surface area contributed by atoms with E-state index in [9.17, 15) is 14.7 Å². The van der Waals surface area contributed by atoms with Crippen molar-refractivity contribution in [2.24, 2.45) is 11.8 Å². The normalized spacial score (nSPS) is 23.5. The standard InChI is InChI=1S/C18H13ClO3/c19-15-9-5-1-2-6-10(9)17(21)14-13(15)16(20)11-7-3-4-8-12(11)18(14)22/h1-6,11-12,21H,7-8H2/t11-,12+/m0/s1. The van der Waals surface area contributed by atoms with Crippen LogP contribution >= 0.6 is 11.6 Å². The average Bonchev–Trinajstić information content (AvgIpc) is 2.56. The molecule has 1 N–H and O–H groups in total. The Bertz CT molecular complexity index is 796. The second-order valence-electron chi connectivity index (χ2n) is 5.84. The van der Waals surface area contributed by atoms with E-state index in [4.69, 9.17) is 11.6 Å². The van der Waals surface area contributed by atoms with Gasteiger partial charge in [0.15, 0.2) is 11.6 Å². The fraction of sp³-hybridized carbons (Fsp3) is 0.222. The van der Waals surface area contributed by atoms with Crippen LogP contribution in [0.4, 0.5) is 0 Å². The van der Waals surface area contributed by atoms with Gasteiger partial charge in [-0.3, -0.25) is 9.59 Å². The Kier molecular flexibility index (Phi) is 2.88. The Morgan fingerprint density at radius 1 is 0.909 bits per heavy atom. The molecule has 4 rings (SSSR count). The van der Waals surface area contributed by atoms with E-state index in [0.717, 1.165) is 0 Å². The van der Waals surface area contributed by atoms with Crippen molar-refractivity contribution in [1.29, 1.82) is 0 Å². The number of hydrogen-bond donors (Lipinski definition) is 1. The maximum Gasteiger partial charge on any atom is 0.171 e. The van der Waals surface area contributed by atoms with Gasteiger partial charge >= 0.3 is 0 Å². The van der Waals surface area contributed by atoms with E-state index in [2.05, 4.69) is 0 Å². The Labute approximate surface area is 132 Å². The number of phenolic OH excluding ortho intramolecular Hbond substituents is 1. The quantitative estimate of drug-likeness (QED) is 0.743. The first kappa shape index (κ1) is 13.5. The summed E-state index contributed by atoms with van der Waals surface area (Å²) < 4.78 is 0.